The first-order valence-corrected chi connectivity index (χ1v) is 18.5. The number of hydrogen-bond acceptors (Lipinski definition) is 12. The Kier molecular flexibility index (Phi) is 31.0. The molecule has 2 aliphatic carbocycles. The second-order valence-corrected chi connectivity index (χ2v) is 13.9. The van der Waals surface area contributed by atoms with Gasteiger partial charge in [-0.3, -0.25) is 4.98 Å². The number of ether oxygens (including phenoxy) is 3. The molecule has 2 N–H and O–H groups in total. The molecule has 2 aliphatic rings. The maximum atomic E-state index is 11.6. The highest BCUT2D eigenvalue weighted by molar-refractivity contribution is 5.89. The first-order chi connectivity index (χ1) is 25.7. The second-order valence-electron chi connectivity index (χ2n) is 13.9. The van der Waals surface area contributed by atoms with E-state index < -0.39 is 41.7 Å². The average Bonchev–Trinajstić information content (AvgIpc) is 3.14. The number of hydrogen-bond donors (Lipinski definition) is 2. The average molecular weight is 787 g/mol. The van der Waals surface area contributed by atoms with Gasteiger partial charge in [0.15, 0.2) is 13.2 Å². The third kappa shape index (κ3) is 29.5. The van der Waals surface area contributed by atoms with E-state index in [1.165, 1.54) is 26.0 Å². The molecule has 0 aliphatic heterocycles. The van der Waals surface area contributed by atoms with Crippen LogP contribution < -0.4 is 4.90 Å². The number of carboxylic acids is 1. The number of carbonyl (C=O) groups is 4. The van der Waals surface area contributed by atoms with Crippen LogP contribution in [0, 0.1) is 0 Å². The molecule has 0 radical (unpaired) electrons. The van der Waals surface area contributed by atoms with E-state index in [-0.39, 0.29) is 25.2 Å². The Morgan fingerprint density at radius 1 is 0.821 bits per heavy atom. The molecule has 316 valence electrons. The number of anilines is 1. The van der Waals surface area contributed by atoms with Gasteiger partial charge in [-0.2, -0.15) is 0 Å². The van der Waals surface area contributed by atoms with Gasteiger partial charge in [0, 0.05) is 43.3 Å². The van der Waals surface area contributed by atoms with Crippen molar-refractivity contribution in [2.75, 3.05) is 32.2 Å². The van der Waals surface area contributed by atoms with Gasteiger partial charge < -0.3 is 29.3 Å². The fraction of sp³-hybridized carbons (Fsp3) is 0.581. The van der Waals surface area contributed by atoms with Gasteiger partial charge in [0.05, 0.1) is 23.7 Å². The zero-order chi connectivity index (χ0) is 42.5. The van der Waals surface area contributed by atoms with Crippen molar-refractivity contribution < 1.29 is 43.6 Å². The van der Waals surface area contributed by atoms with Gasteiger partial charge >= 0.3 is 23.9 Å². The van der Waals surface area contributed by atoms with Gasteiger partial charge in [-0.25, -0.2) is 29.2 Å². The highest BCUT2D eigenvalue weighted by Gasteiger charge is 2.33. The summed E-state index contributed by atoms with van der Waals surface area (Å²) < 4.78 is 14.4. The van der Waals surface area contributed by atoms with Gasteiger partial charge in [-0.15, -0.1) is 6.58 Å². The molecule has 2 fully saturated rings. The first-order valence-electron chi connectivity index (χ1n) is 18.5. The molecule has 0 bridgehead atoms. The van der Waals surface area contributed by atoms with E-state index in [1.807, 2.05) is 58.8 Å². The molecular formula is C43H70N4O9. The molecule has 2 saturated carbocycles. The Balaban J connectivity index is -0.000000648. The summed E-state index contributed by atoms with van der Waals surface area (Å²) in [5.74, 6) is -2.97. The number of pyridine rings is 1. The summed E-state index contributed by atoms with van der Waals surface area (Å²) in [7, 11) is 4.02. The molecular weight excluding hydrogens is 716 g/mol. The third-order valence-electron chi connectivity index (χ3n) is 7.64. The third-order valence-corrected chi connectivity index (χ3v) is 7.64. The molecule has 1 heterocycles. The lowest BCUT2D eigenvalue weighted by Crippen LogP contribution is -2.36. The summed E-state index contributed by atoms with van der Waals surface area (Å²) in [6.07, 6.45) is 17.1. The van der Waals surface area contributed by atoms with Gasteiger partial charge in [0.1, 0.15) is 5.60 Å². The van der Waals surface area contributed by atoms with E-state index in [0.717, 1.165) is 57.8 Å². The quantitative estimate of drug-likeness (QED) is 0.0684. The number of aliphatic carboxylic acids is 1. The van der Waals surface area contributed by atoms with Crippen molar-refractivity contribution in [1.82, 2.24) is 4.98 Å². The minimum atomic E-state index is -1.17. The van der Waals surface area contributed by atoms with E-state index in [0.29, 0.717) is 12.1 Å². The van der Waals surface area contributed by atoms with Crippen molar-refractivity contribution in [2.24, 2.45) is 9.98 Å². The van der Waals surface area contributed by atoms with Crippen LogP contribution in [0.25, 0.3) is 0 Å². The predicted octanol–water partition coefficient (Wildman–Crippen LogP) is 8.36. The van der Waals surface area contributed by atoms with Crippen LogP contribution in [-0.4, -0.2) is 95.7 Å². The fourth-order valence-electron chi connectivity index (χ4n) is 4.53. The number of aromatic nitrogens is 1. The summed E-state index contributed by atoms with van der Waals surface area (Å²) in [4.78, 5) is 56.9. The molecule has 0 amide bonds. The number of aliphatic imine (C=N–C) groups is 2. The molecule has 13 nitrogen and oxygen atoms in total. The molecule has 1 aromatic rings. The monoisotopic (exact) mass is 787 g/mol. The first kappa shape index (κ1) is 55.5. The van der Waals surface area contributed by atoms with Gasteiger partial charge in [-0.1, -0.05) is 58.9 Å². The van der Waals surface area contributed by atoms with Crippen LogP contribution >= 0.6 is 0 Å². The highest BCUT2D eigenvalue weighted by atomic mass is 16.6. The standard InChI is InChI=1S/C14H20O4.C8H14O.C7H10N2.C7H14N2.C6H8O4.CH4/c1-4-14(8-6-5-7-9-14)18-12(15)10-17-13(16)11(2)3;1-2-8(9)6-4-3-5-7-8;1-9(2)7-3-5-8-6-4-7;1-6(2)8-5-9-7(3)4;1-4(2)6(9)10-3-5(7)8;/h4H,1-2,5-10H2,3H3;2,9H,1,3-7H2;3-6H,1-2H3;6-7H,1-4H3;1,3H2,2H3,(H,7,8);1H4. The van der Waals surface area contributed by atoms with Crippen LogP contribution in [0.4, 0.5) is 5.69 Å². The van der Waals surface area contributed by atoms with Crippen LogP contribution in [-0.2, 0) is 33.4 Å². The lowest BCUT2D eigenvalue weighted by atomic mass is 9.85. The second kappa shape index (κ2) is 31.3. The Hall–Kier alpha value is -4.87. The molecule has 0 spiro atoms. The maximum absolute atomic E-state index is 11.6. The van der Waals surface area contributed by atoms with E-state index in [1.54, 1.807) is 24.5 Å². The molecule has 0 saturated heterocycles. The normalized spacial score (nSPS) is 14.3. The topological polar surface area (TPSA) is 177 Å². The van der Waals surface area contributed by atoms with Crippen LogP contribution in [0.15, 0.2) is 84.1 Å². The zero-order valence-corrected chi connectivity index (χ0v) is 34.5. The Morgan fingerprint density at radius 3 is 1.57 bits per heavy atom. The molecule has 0 atom stereocenters. The molecule has 1 aromatic heterocycles. The van der Waals surface area contributed by atoms with Gasteiger partial charge in [0.25, 0.3) is 0 Å². The summed E-state index contributed by atoms with van der Waals surface area (Å²) in [6.45, 7) is 24.0. The fourth-order valence-corrected chi connectivity index (χ4v) is 4.53. The Morgan fingerprint density at radius 2 is 1.25 bits per heavy atom. The number of aliphatic hydroxyl groups is 1. The molecule has 3 rings (SSSR count). The largest absolute Gasteiger partial charge is 0.479 e. The number of rotatable bonds is 12. The molecule has 0 unspecified atom stereocenters. The number of esters is 3. The van der Waals surface area contributed by atoms with Crippen LogP contribution in [0.3, 0.4) is 0 Å². The Labute approximate surface area is 336 Å². The number of carbonyl (C=O) groups excluding carboxylic acids is 3. The van der Waals surface area contributed by atoms with Crippen molar-refractivity contribution >= 4 is 35.6 Å². The summed E-state index contributed by atoms with van der Waals surface area (Å²) >= 11 is 0. The van der Waals surface area contributed by atoms with Crippen molar-refractivity contribution in [3.05, 3.63) is 74.1 Å². The van der Waals surface area contributed by atoms with Crippen LogP contribution in [0.1, 0.15) is 113 Å². The SMILES string of the molecule is C.C=C(C)C(=O)OCC(=O)O.C=CC1(O)CCCCC1.C=CC1(OC(=O)COC(=O)C(=C)C)CCCCC1.CC(C)N=C=NC(C)C.CN(C)c1ccncc1. The highest BCUT2D eigenvalue weighted by Crippen LogP contribution is 2.32. The zero-order valence-electron chi connectivity index (χ0n) is 34.5. The van der Waals surface area contributed by atoms with Crippen LogP contribution in [0.2, 0.25) is 0 Å². The summed E-state index contributed by atoms with van der Waals surface area (Å²) in [5.41, 5.74) is 0.550. The molecule has 0 aromatic carbocycles. The summed E-state index contributed by atoms with van der Waals surface area (Å²) in [6, 6.07) is 7.20. The van der Waals surface area contributed by atoms with Gasteiger partial charge in [0.2, 0.25) is 0 Å². The maximum Gasteiger partial charge on any atom is 0.345 e. The minimum Gasteiger partial charge on any atom is -0.479 e. The summed E-state index contributed by atoms with van der Waals surface area (Å²) in [5, 5.41) is 17.6. The lowest BCUT2D eigenvalue weighted by molar-refractivity contribution is -0.167. The van der Waals surface area contributed by atoms with Crippen molar-refractivity contribution in [3.8, 4) is 0 Å². The van der Waals surface area contributed by atoms with Crippen molar-refractivity contribution in [2.45, 2.75) is 136 Å². The predicted molar refractivity (Wildman–Crippen MR) is 225 cm³/mol. The van der Waals surface area contributed by atoms with E-state index in [9.17, 15) is 24.3 Å². The van der Waals surface area contributed by atoms with E-state index >= 15 is 0 Å². The molecule has 13 heteroatoms. The van der Waals surface area contributed by atoms with Crippen molar-refractivity contribution in [3.63, 3.8) is 0 Å². The lowest BCUT2D eigenvalue weighted by Gasteiger charge is -2.33. The van der Waals surface area contributed by atoms with Crippen LogP contribution in [0.5, 0.6) is 0 Å². The van der Waals surface area contributed by atoms with E-state index in [2.05, 4.69) is 52.0 Å². The van der Waals surface area contributed by atoms with E-state index in [4.69, 9.17) is 14.6 Å². The van der Waals surface area contributed by atoms with Gasteiger partial charge in [-0.05, 0) is 98.3 Å². The Bertz CT molecular complexity index is 1390. The molecule has 56 heavy (non-hydrogen) atoms. The minimum absolute atomic E-state index is 0. The van der Waals surface area contributed by atoms with Crippen molar-refractivity contribution in [1.29, 1.82) is 0 Å². The number of carboxylic acid groups (broad SMARTS) is 1. The number of nitrogens with zero attached hydrogens (tertiary/aromatic N) is 4. The smallest absolute Gasteiger partial charge is 0.345 e.